The molecular weight excluding hydrogens is 400 g/mol. The van der Waals surface area contributed by atoms with Gasteiger partial charge in [0.05, 0.1) is 6.04 Å². The first-order valence-electron chi connectivity index (χ1n) is 9.57. The molecule has 8 nitrogen and oxygen atoms in total. The number of amides is 1. The van der Waals surface area contributed by atoms with Crippen LogP contribution >= 0.6 is 11.3 Å². The molecule has 30 heavy (non-hydrogen) atoms. The predicted molar refractivity (Wildman–Crippen MR) is 118 cm³/mol. The number of nitrogens with one attached hydrogen (secondary N) is 2. The summed E-state index contributed by atoms with van der Waals surface area (Å²) >= 11 is 1.55. The number of carbonyl (C=O) groups excluding carboxylic acids is 1. The fourth-order valence-corrected chi connectivity index (χ4v) is 3.77. The molecule has 3 N–H and O–H groups in total. The van der Waals surface area contributed by atoms with Crippen LogP contribution in [-0.2, 0) is 4.79 Å². The highest BCUT2D eigenvalue weighted by molar-refractivity contribution is 7.13. The zero-order chi connectivity index (χ0) is 21.1. The molecule has 2 aromatic heterocycles. The first-order valence-corrected chi connectivity index (χ1v) is 10.4. The van der Waals surface area contributed by atoms with Gasteiger partial charge in [0, 0.05) is 35.5 Å². The molecule has 2 aliphatic rings. The second-order valence-electron chi connectivity index (χ2n) is 7.03. The molecule has 0 spiro atoms. The fraction of sp³-hybridized carbons (Fsp3) is 0.238. The van der Waals surface area contributed by atoms with Crippen molar-refractivity contribution in [3.05, 3.63) is 71.6 Å². The van der Waals surface area contributed by atoms with Crippen molar-refractivity contribution in [2.45, 2.75) is 31.7 Å². The summed E-state index contributed by atoms with van der Waals surface area (Å²) in [6, 6.07) is -0.527. The van der Waals surface area contributed by atoms with Crippen LogP contribution in [-0.4, -0.2) is 36.8 Å². The Hall–Kier alpha value is -3.46. The maximum absolute atomic E-state index is 12.7. The number of hydrogen-bond donors (Lipinski definition) is 3. The lowest BCUT2D eigenvalue weighted by Crippen LogP contribution is -2.38. The second kappa shape index (κ2) is 8.50. The summed E-state index contributed by atoms with van der Waals surface area (Å²) in [5.74, 6) is 0.457. The van der Waals surface area contributed by atoms with Crippen molar-refractivity contribution in [1.82, 2.24) is 25.1 Å². The molecule has 0 aromatic carbocycles. The maximum Gasteiger partial charge on any atom is 0.231 e. The molecule has 0 saturated heterocycles. The van der Waals surface area contributed by atoms with Gasteiger partial charge in [0.15, 0.2) is 11.0 Å². The van der Waals surface area contributed by atoms with E-state index in [1.54, 1.807) is 24.5 Å². The molecule has 2 aromatic rings. The Morgan fingerprint density at radius 2 is 2.23 bits per heavy atom. The molecule has 3 heterocycles. The Labute approximate surface area is 178 Å². The van der Waals surface area contributed by atoms with Gasteiger partial charge in [-0.3, -0.25) is 9.36 Å². The lowest BCUT2D eigenvalue weighted by Gasteiger charge is -2.21. The molecule has 1 aliphatic heterocycles. The zero-order valence-electron chi connectivity index (χ0n) is 16.4. The summed E-state index contributed by atoms with van der Waals surface area (Å²) in [5, 5.41) is 27.0. The number of hydrogen-bond acceptors (Lipinski definition) is 7. The van der Waals surface area contributed by atoms with E-state index in [9.17, 15) is 9.90 Å². The summed E-state index contributed by atoms with van der Waals surface area (Å²) in [7, 11) is 0. The van der Waals surface area contributed by atoms with Gasteiger partial charge >= 0.3 is 0 Å². The lowest BCUT2D eigenvalue weighted by atomic mass is 10.0. The third-order valence-corrected chi connectivity index (χ3v) is 5.58. The Morgan fingerprint density at radius 3 is 3.00 bits per heavy atom. The first kappa shape index (κ1) is 19.8. The number of aliphatic hydroxyl groups excluding tert-OH is 1. The number of thiazole rings is 1. The molecule has 2 atom stereocenters. The quantitative estimate of drug-likeness (QED) is 0.614. The highest BCUT2D eigenvalue weighted by atomic mass is 32.1. The minimum Gasteiger partial charge on any atom is -0.511 e. The Bertz CT molecular complexity index is 1080. The zero-order valence-corrected chi connectivity index (χ0v) is 17.3. The number of carbonyl (C=O) groups is 1. The van der Waals surface area contributed by atoms with Crippen molar-refractivity contribution in [3.8, 4) is 0 Å². The van der Waals surface area contributed by atoms with Crippen LogP contribution in [0.5, 0.6) is 0 Å². The van der Waals surface area contributed by atoms with E-state index < -0.39 is 12.0 Å². The highest BCUT2D eigenvalue weighted by Gasteiger charge is 2.30. The van der Waals surface area contributed by atoms with Crippen LogP contribution in [0.15, 0.2) is 60.0 Å². The normalized spacial score (nSPS) is 18.6. The van der Waals surface area contributed by atoms with E-state index in [1.165, 1.54) is 0 Å². The molecule has 1 aliphatic carbocycles. The lowest BCUT2D eigenvalue weighted by molar-refractivity contribution is -0.123. The van der Waals surface area contributed by atoms with Crippen LogP contribution in [0, 0.1) is 0 Å². The van der Waals surface area contributed by atoms with Crippen molar-refractivity contribution in [2.24, 2.45) is 0 Å². The summed E-state index contributed by atoms with van der Waals surface area (Å²) in [4.78, 5) is 16.9. The third kappa shape index (κ3) is 4.11. The molecule has 0 bridgehead atoms. The molecular formula is C21H22N6O2S. The monoisotopic (exact) mass is 422 g/mol. The van der Waals surface area contributed by atoms with Crippen molar-refractivity contribution in [1.29, 1.82) is 0 Å². The number of allylic oxidation sites excluding steroid dienone is 6. The first-order chi connectivity index (χ1) is 14.5. The van der Waals surface area contributed by atoms with E-state index in [-0.39, 0.29) is 11.7 Å². The average molecular weight is 423 g/mol. The number of aliphatic hydroxyl groups is 1. The van der Waals surface area contributed by atoms with Crippen molar-refractivity contribution in [3.63, 3.8) is 0 Å². The number of anilines is 1. The average Bonchev–Trinajstić information content (AvgIpc) is 3.34. The van der Waals surface area contributed by atoms with Gasteiger partial charge < -0.3 is 15.7 Å². The number of fused-ring (bicyclic) bond motifs is 1. The Kier molecular flexibility index (Phi) is 5.62. The number of nitrogens with zero attached hydrogens (tertiary/aromatic N) is 4. The molecule has 9 heteroatoms. The van der Waals surface area contributed by atoms with E-state index in [1.807, 2.05) is 40.5 Å². The van der Waals surface area contributed by atoms with Crippen LogP contribution in [0.25, 0.3) is 11.8 Å². The Morgan fingerprint density at radius 1 is 1.37 bits per heavy atom. The van der Waals surface area contributed by atoms with E-state index >= 15 is 0 Å². The van der Waals surface area contributed by atoms with Crippen molar-refractivity contribution < 1.29 is 9.90 Å². The van der Waals surface area contributed by atoms with Gasteiger partial charge in [0.25, 0.3) is 0 Å². The topological polar surface area (TPSA) is 105 Å². The molecule has 0 fully saturated rings. The number of rotatable bonds is 6. The van der Waals surface area contributed by atoms with Crippen LogP contribution in [0.2, 0.25) is 0 Å². The summed E-state index contributed by atoms with van der Waals surface area (Å²) in [5.41, 5.74) is 1.92. The van der Waals surface area contributed by atoms with Gasteiger partial charge in [-0.05, 0) is 25.5 Å². The smallest absolute Gasteiger partial charge is 0.231 e. The van der Waals surface area contributed by atoms with E-state index in [2.05, 4.69) is 38.5 Å². The van der Waals surface area contributed by atoms with Crippen LogP contribution in [0.1, 0.15) is 37.3 Å². The molecule has 1 amide bonds. The molecule has 0 saturated carbocycles. The second-order valence-corrected chi connectivity index (χ2v) is 7.92. The van der Waals surface area contributed by atoms with Crippen LogP contribution in [0.4, 0.5) is 5.13 Å². The van der Waals surface area contributed by atoms with E-state index in [0.717, 1.165) is 22.8 Å². The maximum atomic E-state index is 12.7. The van der Waals surface area contributed by atoms with Gasteiger partial charge in [-0.25, -0.2) is 4.98 Å². The molecule has 0 radical (unpaired) electrons. The largest absolute Gasteiger partial charge is 0.511 e. The third-order valence-electron chi connectivity index (χ3n) is 4.89. The summed E-state index contributed by atoms with van der Waals surface area (Å²) < 4.78 is 1.84. The molecule has 2 unspecified atom stereocenters. The summed E-state index contributed by atoms with van der Waals surface area (Å²) in [6.45, 7) is 5.15. The van der Waals surface area contributed by atoms with Crippen molar-refractivity contribution in [2.75, 3.05) is 5.32 Å². The Balaban J connectivity index is 1.57. The van der Waals surface area contributed by atoms with Crippen LogP contribution in [0.3, 0.4) is 0 Å². The SMILES string of the molecule is C=C(O)C(C)NC(=O)C1CC=Cn2c(C3=CC=C(Nc4nccs4)CC=C3)nnc21. The summed E-state index contributed by atoms with van der Waals surface area (Å²) in [6.07, 6.45) is 14.9. The minimum absolute atomic E-state index is 0.0837. The van der Waals surface area contributed by atoms with E-state index in [4.69, 9.17) is 0 Å². The van der Waals surface area contributed by atoms with Gasteiger partial charge in [-0.1, -0.05) is 24.8 Å². The van der Waals surface area contributed by atoms with Gasteiger partial charge in [-0.15, -0.1) is 21.5 Å². The highest BCUT2D eigenvalue weighted by Crippen LogP contribution is 2.29. The van der Waals surface area contributed by atoms with E-state index in [0.29, 0.717) is 18.1 Å². The van der Waals surface area contributed by atoms with Crippen LogP contribution < -0.4 is 10.6 Å². The van der Waals surface area contributed by atoms with Crippen molar-refractivity contribution >= 4 is 34.1 Å². The number of aromatic nitrogens is 4. The van der Waals surface area contributed by atoms with Gasteiger partial charge in [0.2, 0.25) is 5.91 Å². The van der Waals surface area contributed by atoms with Gasteiger partial charge in [0.1, 0.15) is 17.5 Å². The molecule has 154 valence electrons. The predicted octanol–water partition coefficient (Wildman–Crippen LogP) is 3.61. The fourth-order valence-electron chi connectivity index (χ4n) is 3.21. The minimum atomic E-state index is -0.527. The molecule has 4 rings (SSSR count). The van der Waals surface area contributed by atoms with Gasteiger partial charge in [-0.2, -0.15) is 0 Å². The standard InChI is InChI=1S/C21H22N6O2S/c1-13(14(2)28)23-20(29)17-7-4-11-27-18(25-26-19(17)27)15-5-3-6-16(9-8-15)24-21-22-10-12-30-21/h3-5,8-13,17,28H,2,6-7H2,1H3,(H,22,24)(H,23,29).